The fraction of sp³-hybridized carbons (Fsp3) is 0.400. The third kappa shape index (κ3) is 1.98. The van der Waals surface area contributed by atoms with Crippen molar-refractivity contribution < 1.29 is 17.9 Å². The second-order valence-electron chi connectivity index (χ2n) is 3.60. The lowest BCUT2D eigenvalue weighted by Crippen LogP contribution is -2.43. The zero-order valence-electron chi connectivity index (χ0n) is 8.80. The summed E-state index contributed by atoms with van der Waals surface area (Å²) in [5.74, 6) is -0.0754. The number of fused-ring (bicyclic) bond motifs is 1. The summed E-state index contributed by atoms with van der Waals surface area (Å²) in [5.41, 5.74) is 0.687. The molecule has 7 heteroatoms. The molecule has 0 aromatic carbocycles. The quantitative estimate of drug-likeness (QED) is 0.757. The normalized spacial score (nSPS) is 18.6. The van der Waals surface area contributed by atoms with Crippen molar-refractivity contribution in [2.75, 3.05) is 11.9 Å². The molecule has 0 saturated heterocycles. The van der Waals surface area contributed by atoms with Crippen LogP contribution >= 0.6 is 0 Å². The molecule has 1 unspecified atom stereocenters. The molecule has 17 heavy (non-hydrogen) atoms. The van der Waals surface area contributed by atoms with E-state index in [2.05, 4.69) is 10.3 Å². The van der Waals surface area contributed by atoms with Gasteiger partial charge in [0.05, 0.1) is 24.1 Å². The van der Waals surface area contributed by atoms with Crippen LogP contribution in [0.3, 0.4) is 0 Å². The Morgan fingerprint density at radius 2 is 2.29 bits per heavy atom. The van der Waals surface area contributed by atoms with E-state index in [1.54, 1.807) is 13.0 Å². The molecule has 2 rings (SSSR count). The predicted octanol–water partition coefficient (Wildman–Crippen LogP) is 2.00. The van der Waals surface area contributed by atoms with Crippen LogP contribution in [0.2, 0.25) is 0 Å². The van der Waals surface area contributed by atoms with Gasteiger partial charge in [0, 0.05) is 0 Å². The first-order valence-corrected chi connectivity index (χ1v) is 4.80. The van der Waals surface area contributed by atoms with Gasteiger partial charge in [0.15, 0.2) is 5.75 Å². The molecule has 1 aliphatic heterocycles. The number of nitrogens with zero attached hydrogens (tertiary/aromatic N) is 2. The molecule has 4 nitrogen and oxygen atoms in total. The van der Waals surface area contributed by atoms with Crippen LogP contribution in [0.1, 0.15) is 11.3 Å². The molecule has 90 valence electrons. The molecule has 0 spiro atoms. The number of nitriles is 1. The lowest BCUT2D eigenvalue weighted by molar-refractivity contribution is -0.191. The number of halogens is 3. The summed E-state index contributed by atoms with van der Waals surface area (Å²) in [5, 5.41) is 11.4. The average Bonchev–Trinajstić information content (AvgIpc) is 2.27. The highest BCUT2D eigenvalue weighted by molar-refractivity contribution is 5.64. The Hall–Kier alpha value is -1.97. The number of hydrogen-bond acceptors (Lipinski definition) is 4. The van der Waals surface area contributed by atoms with Crippen LogP contribution in [0, 0.1) is 18.3 Å². The lowest BCUT2D eigenvalue weighted by atomic mass is 10.1. The highest BCUT2D eigenvalue weighted by atomic mass is 19.4. The van der Waals surface area contributed by atoms with E-state index < -0.39 is 12.3 Å². The van der Waals surface area contributed by atoms with Crippen LogP contribution in [0.25, 0.3) is 0 Å². The summed E-state index contributed by atoms with van der Waals surface area (Å²) < 4.78 is 42.4. The lowest BCUT2D eigenvalue weighted by Gasteiger charge is -2.29. The number of pyridine rings is 1. The second kappa shape index (κ2) is 3.80. The number of aryl methyl sites for hydroxylation is 1. The zero-order chi connectivity index (χ0) is 12.6. The number of aromatic nitrogens is 1. The number of hydrogen-bond donors (Lipinski definition) is 1. The summed E-state index contributed by atoms with van der Waals surface area (Å²) in [6.45, 7) is 1.16. The van der Waals surface area contributed by atoms with Crippen molar-refractivity contribution in [2.24, 2.45) is 0 Å². The van der Waals surface area contributed by atoms with Gasteiger partial charge in [-0.05, 0) is 6.92 Å². The van der Waals surface area contributed by atoms with E-state index in [1.165, 1.54) is 6.20 Å². The molecule has 1 aromatic rings. The predicted molar refractivity (Wildman–Crippen MR) is 52.6 cm³/mol. The Kier molecular flexibility index (Phi) is 2.58. The smallest absolute Gasteiger partial charge is 0.427 e. The van der Waals surface area contributed by atoms with Gasteiger partial charge >= 0.3 is 6.18 Å². The average molecular weight is 243 g/mol. The van der Waals surface area contributed by atoms with Crippen LogP contribution in [0.15, 0.2) is 6.20 Å². The summed E-state index contributed by atoms with van der Waals surface area (Å²) in [6, 6.07) is 1.80. The first kappa shape index (κ1) is 11.5. The minimum absolute atomic E-state index is 0.0314. The van der Waals surface area contributed by atoms with Crippen molar-refractivity contribution in [3.05, 3.63) is 17.5 Å². The van der Waals surface area contributed by atoms with Gasteiger partial charge in [-0.15, -0.1) is 0 Å². The van der Waals surface area contributed by atoms with Crippen molar-refractivity contribution in [2.45, 2.75) is 19.2 Å². The third-order valence-corrected chi connectivity index (χ3v) is 2.44. The number of ether oxygens (including phenoxy) is 1. The first-order valence-electron chi connectivity index (χ1n) is 4.80. The minimum Gasteiger partial charge on any atom is -0.475 e. The molecule has 0 bridgehead atoms. The van der Waals surface area contributed by atoms with Crippen LogP contribution < -0.4 is 10.1 Å². The zero-order valence-corrected chi connectivity index (χ0v) is 8.80. The molecule has 0 saturated carbocycles. The van der Waals surface area contributed by atoms with Crippen molar-refractivity contribution in [3.63, 3.8) is 0 Å². The van der Waals surface area contributed by atoms with Crippen molar-refractivity contribution in [1.29, 1.82) is 5.26 Å². The summed E-state index contributed by atoms with van der Waals surface area (Å²) in [6.07, 6.45) is -5.05. The maximum Gasteiger partial charge on any atom is 0.427 e. The van der Waals surface area contributed by atoms with Gasteiger partial charge in [0.1, 0.15) is 11.6 Å². The Bertz CT molecular complexity index is 493. The fourth-order valence-corrected chi connectivity index (χ4v) is 1.53. The largest absolute Gasteiger partial charge is 0.475 e. The van der Waals surface area contributed by atoms with Gasteiger partial charge in [0.2, 0.25) is 6.10 Å². The maximum absolute atomic E-state index is 12.5. The van der Waals surface area contributed by atoms with E-state index >= 15 is 0 Å². The fourth-order valence-electron chi connectivity index (χ4n) is 1.53. The maximum atomic E-state index is 12.5. The molecule has 1 atom stereocenters. The van der Waals surface area contributed by atoms with Crippen molar-refractivity contribution in [1.82, 2.24) is 4.98 Å². The van der Waals surface area contributed by atoms with Gasteiger partial charge in [-0.3, -0.25) is 4.98 Å². The Balaban J connectivity index is 2.43. The van der Waals surface area contributed by atoms with E-state index in [4.69, 9.17) is 10.00 Å². The number of rotatable bonds is 0. The van der Waals surface area contributed by atoms with Crippen molar-refractivity contribution >= 4 is 5.69 Å². The molecule has 0 aliphatic carbocycles. The van der Waals surface area contributed by atoms with Gasteiger partial charge < -0.3 is 10.1 Å². The van der Waals surface area contributed by atoms with E-state index in [0.29, 0.717) is 11.4 Å². The van der Waals surface area contributed by atoms with Gasteiger partial charge in [-0.1, -0.05) is 0 Å². The molecular weight excluding hydrogens is 235 g/mol. The molecule has 1 aliphatic rings. The number of anilines is 1. The SMILES string of the molecule is Cc1ncc2c(c1C#N)OC(C(F)(F)F)CN2. The molecule has 2 heterocycles. The van der Waals surface area contributed by atoms with Crippen LogP contribution in [-0.2, 0) is 0 Å². The molecule has 0 radical (unpaired) electrons. The van der Waals surface area contributed by atoms with Crippen LogP contribution in [0.4, 0.5) is 18.9 Å². The standard InChI is InChI=1S/C10H8F3N3O/c1-5-6(2-14)9-7(3-15-5)16-4-8(17-9)10(11,12)13/h3,8,16H,4H2,1H3. The second-order valence-corrected chi connectivity index (χ2v) is 3.60. The molecule has 0 amide bonds. The number of alkyl halides is 3. The van der Waals surface area contributed by atoms with Gasteiger partial charge in [0.25, 0.3) is 0 Å². The van der Waals surface area contributed by atoms with Gasteiger partial charge in [-0.25, -0.2) is 0 Å². The first-order chi connectivity index (χ1) is 7.93. The minimum atomic E-state index is -4.46. The molecule has 1 N–H and O–H groups in total. The Labute approximate surface area is 95.0 Å². The topological polar surface area (TPSA) is 57.9 Å². The summed E-state index contributed by atoms with van der Waals surface area (Å²) in [4.78, 5) is 3.90. The van der Waals surface area contributed by atoms with Crippen molar-refractivity contribution in [3.8, 4) is 11.8 Å². The van der Waals surface area contributed by atoms with E-state index in [1.807, 2.05) is 0 Å². The Morgan fingerprint density at radius 1 is 1.59 bits per heavy atom. The highest BCUT2D eigenvalue weighted by Crippen LogP contribution is 2.37. The molecular formula is C10H8F3N3O. The van der Waals surface area contributed by atoms with Crippen LogP contribution in [-0.4, -0.2) is 23.8 Å². The highest BCUT2D eigenvalue weighted by Gasteiger charge is 2.44. The Morgan fingerprint density at radius 3 is 2.88 bits per heavy atom. The van der Waals surface area contributed by atoms with E-state index in [-0.39, 0.29) is 17.9 Å². The van der Waals surface area contributed by atoms with Crippen LogP contribution in [0.5, 0.6) is 5.75 Å². The number of nitrogens with one attached hydrogen (secondary N) is 1. The van der Waals surface area contributed by atoms with E-state index in [9.17, 15) is 13.2 Å². The summed E-state index contributed by atoms with van der Waals surface area (Å²) >= 11 is 0. The molecule has 1 aromatic heterocycles. The van der Waals surface area contributed by atoms with Gasteiger partial charge in [-0.2, -0.15) is 18.4 Å². The van der Waals surface area contributed by atoms with E-state index in [0.717, 1.165) is 0 Å². The third-order valence-electron chi connectivity index (χ3n) is 2.44. The summed E-state index contributed by atoms with van der Waals surface area (Å²) in [7, 11) is 0. The monoisotopic (exact) mass is 243 g/mol. The molecule has 0 fully saturated rings.